The summed E-state index contributed by atoms with van der Waals surface area (Å²) in [7, 11) is 0. The summed E-state index contributed by atoms with van der Waals surface area (Å²) in [6.45, 7) is 1.37. The van der Waals surface area contributed by atoms with Crippen LogP contribution in [0.15, 0.2) is 66.7 Å². The van der Waals surface area contributed by atoms with Crippen molar-refractivity contribution in [3.8, 4) is 0 Å². The molecule has 3 aromatic carbocycles. The van der Waals surface area contributed by atoms with Crippen molar-refractivity contribution in [2.75, 3.05) is 44.8 Å². The molecule has 39 heavy (non-hydrogen) atoms. The number of morpholine rings is 1. The Bertz CT molecular complexity index is 1370. The Morgan fingerprint density at radius 2 is 1.77 bits per heavy atom. The van der Waals surface area contributed by atoms with Crippen LogP contribution in [0.5, 0.6) is 0 Å². The number of carboxylic acid groups (broad SMARTS) is 1. The van der Waals surface area contributed by atoms with E-state index >= 15 is 4.39 Å². The molecule has 11 heteroatoms. The number of hydrogen-bond acceptors (Lipinski definition) is 6. The highest BCUT2D eigenvalue weighted by Crippen LogP contribution is 2.51. The normalized spacial score (nSPS) is 20.6. The lowest BCUT2D eigenvalue weighted by Crippen LogP contribution is -2.70. The van der Waals surface area contributed by atoms with E-state index in [1.807, 2.05) is 0 Å². The van der Waals surface area contributed by atoms with Crippen molar-refractivity contribution in [1.29, 1.82) is 0 Å². The molecule has 0 spiro atoms. The summed E-state index contributed by atoms with van der Waals surface area (Å²) in [5.41, 5.74) is -0.451. The molecular formula is C28H25ClF2N2O6. The fourth-order valence-corrected chi connectivity index (χ4v) is 5.80. The zero-order valence-corrected chi connectivity index (χ0v) is 21.5. The lowest BCUT2D eigenvalue weighted by atomic mass is 9.79. The number of nitrogens with one attached hydrogen (secondary N) is 1. The van der Waals surface area contributed by atoms with E-state index in [2.05, 4.69) is 5.32 Å². The molecule has 0 bridgehead atoms. The summed E-state index contributed by atoms with van der Waals surface area (Å²) in [6.07, 6.45) is -3.02. The van der Waals surface area contributed by atoms with Crippen LogP contribution < -0.4 is 10.4 Å². The van der Waals surface area contributed by atoms with Gasteiger partial charge in [-0.1, -0.05) is 54.1 Å². The van der Waals surface area contributed by atoms with Crippen LogP contribution in [-0.4, -0.2) is 56.0 Å². The molecule has 2 aliphatic rings. The zero-order valence-electron chi connectivity index (χ0n) is 20.7. The number of halogens is 3. The van der Waals surface area contributed by atoms with Gasteiger partial charge in [0.2, 0.25) is 5.54 Å². The van der Waals surface area contributed by atoms with Crippen LogP contribution in [0.4, 0.5) is 19.3 Å². The molecule has 0 radical (unpaired) electrons. The number of hydrogen-bond donors (Lipinski definition) is 1. The summed E-state index contributed by atoms with van der Waals surface area (Å²) >= 11 is 6.16. The fourth-order valence-electron chi connectivity index (χ4n) is 5.67. The number of benzene rings is 3. The van der Waals surface area contributed by atoms with Crippen molar-refractivity contribution >= 4 is 29.4 Å². The Morgan fingerprint density at radius 1 is 1.08 bits per heavy atom. The van der Waals surface area contributed by atoms with Crippen LogP contribution in [0.1, 0.15) is 23.0 Å². The number of carbonyl (C=O) groups is 2. The monoisotopic (exact) mass is 558 g/mol. The van der Waals surface area contributed by atoms with E-state index in [9.17, 15) is 19.1 Å². The highest BCUT2D eigenvalue weighted by molar-refractivity contribution is 6.30. The Balaban J connectivity index is 1.59. The second-order valence-corrected chi connectivity index (χ2v) is 9.80. The molecule has 3 aromatic rings. The van der Waals surface area contributed by atoms with Gasteiger partial charge in [0.25, 0.3) is 12.1 Å². The zero-order chi connectivity index (χ0) is 27.6. The quantitative estimate of drug-likeness (QED) is 0.257. The van der Waals surface area contributed by atoms with Crippen molar-refractivity contribution in [1.82, 2.24) is 0 Å². The minimum atomic E-state index is -1.75. The average Bonchev–Trinajstić information content (AvgIpc) is 3.25. The number of quaternary nitrogens is 1. The van der Waals surface area contributed by atoms with Crippen molar-refractivity contribution in [3.63, 3.8) is 0 Å². The number of ether oxygens (including phenoxy) is 3. The predicted molar refractivity (Wildman–Crippen MR) is 135 cm³/mol. The topological polar surface area (TPSA) is 96.9 Å². The molecule has 2 atom stereocenters. The molecular weight excluding hydrogens is 534 g/mol. The Hall–Kier alpha value is -3.57. The summed E-state index contributed by atoms with van der Waals surface area (Å²) in [5.74, 6) is -2.76. The summed E-state index contributed by atoms with van der Waals surface area (Å²) in [4.78, 5) is 25.3. The minimum absolute atomic E-state index is 0.0331. The molecule has 2 unspecified atom stereocenters. The summed E-state index contributed by atoms with van der Waals surface area (Å²) in [6, 6.07) is 17.6. The molecule has 0 saturated carbocycles. The van der Waals surface area contributed by atoms with E-state index in [0.29, 0.717) is 42.5 Å². The van der Waals surface area contributed by atoms with Gasteiger partial charge in [0.05, 0.1) is 31.1 Å². The third-order valence-corrected chi connectivity index (χ3v) is 7.67. The maximum Gasteiger partial charge on any atom is 0.295 e. The third-order valence-electron chi connectivity index (χ3n) is 7.42. The number of fused-ring (bicyclic) bond motifs is 1. The Morgan fingerprint density at radius 3 is 2.44 bits per heavy atom. The van der Waals surface area contributed by atoms with Crippen molar-refractivity contribution in [3.05, 3.63) is 100 Å². The fraction of sp³-hybridized carbons (Fsp3) is 0.286. The number of carbonyl (C=O) groups excluding carboxylic acids is 2. The number of amides is 1. The maximum absolute atomic E-state index is 15.0. The first-order chi connectivity index (χ1) is 18.8. The van der Waals surface area contributed by atoms with Gasteiger partial charge in [0, 0.05) is 16.1 Å². The van der Waals surface area contributed by atoms with E-state index in [1.165, 1.54) is 6.07 Å². The van der Waals surface area contributed by atoms with Gasteiger partial charge >= 0.3 is 0 Å². The molecule has 1 fully saturated rings. The standard InChI is InChI=1S/C28H25ClF2N2O6/c29-20-8-6-19(7-9-20)28(21-10-11-22(30)23(31)24(21)32-26(28)34)33(12-15-37-16-13-33)14-17-38-25(39-27(35)36)18-4-2-1-3-5-18/h1-11,25H,12-17H2,(H-,32,34,35,36). The van der Waals surface area contributed by atoms with E-state index < -0.39 is 35.5 Å². The van der Waals surface area contributed by atoms with Crippen LogP contribution in [-0.2, 0) is 24.5 Å². The molecule has 2 heterocycles. The summed E-state index contributed by atoms with van der Waals surface area (Å²) in [5, 5.41) is 14.3. The first kappa shape index (κ1) is 27.0. The molecule has 0 aromatic heterocycles. The summed E-state index contributed by atoms with van der Waals surface area (Å²) < 4.78 is 45.7. The smallest absolute Gasteiger partial charge is 0.295 e. The molecule has 1 N–H and O–H groups in total. The second kappa shape index (κ2) is 10.9. The third kappa shape index (κ3) is 4.74. The van der Waals surface area contributed by atoms with E-state index in [-0.39, 0.29) is 28.9 Å². The maximum atomic E-state index is 15.0. The molecule has 204 valence electrons. The molecule has 1 amide bonds. The molecule has 0 aliphatic carbocycles. The van der Waals surface area contributed by atoms with Crippen LogP contribution in [0.3, 0.4) is 0 Å². The van der Waals surface area contributed by atoms with Gasteiger partial charge in [-0.2, -0.15) is 0 Å². The second-order valence-electron chi connectivity index (χ2n) is 9.36. The van der Waals surface area contributed by atoms with E-state index in [0.717, 1.165) is 6.07 Å². The molecule has 8 nitrogen and oxygen atoms in total. The number of anilines is 1. The van der Waals surface area contributed by atoms with Crippen LogP contribution >= 0.6 is 11.6 Å². The van der Waals surface area contributed by atoms with Gasteiger partial charge < -0.3 is 29.4 Å². The molecule has 2 aliphatic heterocycles. The van der Waals surface area contributed by atoms with Crippen molar-refractivity contribution < 1.29 is 42.2 Å². The average molecular weight is 559 g/mol. The van der Waals surface area contributed by atoms with E-state index in [1.54, 1.807) is 54.6 Å². The van der Waals surface area contributed by atoms with Crippen molar-refractivity contribution in [2.45, 2.75) is 11.8 Å². The Kier molecular flexibility index (Phi) is 7.55. The largest absolute Gasteiger partial charge is 0.517 e. The van der Waals surface area contributed by atoms with Gasteiger partial charge in [-0.05, 0) is 24.3 Å². The van der Waals surface area contributed by atoms with Crippen LogP contribution in [0.2, 0.25) is 5.02 Å². The minimum Gasteiger partial charge on any atom is -0.517 e. The van der Waals surface area contributed by atoms with Gasteiger partial charge in [-0.3, -0.25) is 9.28 Å². The van der Waals surface area contributed by atoms with E-state index in [4.69, 9.17) is 25.8 Å². The number of rotatable bonds is 8. The highest BCUT2D eigenvalue weighted by Gasteiger charge is 2.64. The Labute approximate surface area is 228 Å². The first-order valence-electron chi connectivity index (χ1n) is 12.3. The highest BCUT2D eigenvalue weighted by atomic mass is 35.5. The van der Waals surface area contributed by atoms with Gasteiger partial charge in [0.15, 0.2) is 17.9 Å². The van der Waals surface area contributed by atoms with Crippen molar-refractivity contribution in [2.24, 2.45) is 0 Å². The first-order valence-corrected chi connectivity index (χ1v) is 12.7. The van der Waals surface area contributed by atoms with Gasteiger partial charge in [-0.15, -0.1) is 0 Å². The molecule has 5 rings (SSSR count). The van der Waals surface area contributed by atoms with Gasteiger partial charge in [-0.25, -0.2) is 8.78 Å². The SMILES string of the molecule is O=C([O-])OC(OCC[N+]1(C2(c3ccc(Cl)cc3)C(=O)Nc3c2ccc(F)c3F)CCOCC1)c1ccccc1. The number of nitrogens with zero attached hydrogens (tertiary/aromatic N) is 1. The lowest BCUT2D eigenvalue weighted by molar-refractivity contribution is -0.973. The van der Waals surface area contributed by atoms with Crippen LogP contribution in [0.25, 0.3) is 0 Å². The molecule has 1 saturated heterocycles. The lowest BCUT2D eigenvalue weighted by Gasteiger charge is -2.52. The van der Waals surface area contributed by atoms with Gasteiger partial charge in [0.1, 0.15) is 19.6 Å². The van der Waals surface area contributed by atoms with Crippen LogP contribution in [0, 0.1) is 11.6 Å². The predicted octanol–water partition coefficient (Wildman–Crippen LogP) is 3.74.